The van der Waals surface area contributed by atoms with Crippen molar-refractivity contribution < 1.29 is 90.2 Å². The maximum absolute atomic E-state index is 14.1. The number of rotatable bonds is 23. The average molecular weight is 1030 g/mol. The number of amides is 1. The van der Waals surface area contributed by atoms with Crippen LogP contribution >= 0.6 is 15.6 Å². The minimum absolute atomic E-state index is 0.00934. The first-order valence-electron chi connectivity index (χ1n) is 20.4. The first-order valence-corrected chi connectivity index (χ1v) is 23.4. The number of nitrogens with zero attached hydrogens (tertiary/aromatic N) is 7. The van der Waals surface area contributed by atoms with Crippen LogP contribution in [0.15, 0.2) is 54.5 Å². The molecule has 33 heteroatoms. The number of benzene rings is 1. The van der Waals surface area contributed by atoms with Crippen molar-refractivity contribution in [2.45, 2.75) is 81.3 Å². The van der Waals surface area contributed by atoms with Gasteiger partial charge in [-0.25, -0.2) is 33.7 Å². The summed E-state index contributed by atoms with van der Waals surface area (Å²) >= 11 is 0. The summed E-state index contributed by atoms with van der Waals surface area (Å²) in [6.07, 6.45) is -8.06. The van der Waals surface area contributed by atoms with Crippen LogP contribution in [0, 0.1) is 10.1 Å². The molecule has 31 nitrogen and oxygen atoms in total. The van der Waals surface area contributed by atoms with Crippen molar-refractivity contribution in [1.82, 2.24) is 34.4 Å². The molecule has 1 aromatic carbocycles. The van der Waals surface area contributed by atoms with Crippen molar-refractivity contribution in [2.24, 2.45) is 0 Å². The molecule has 2 aliphatic heterocycles. The molecule has 1 unspecified atom stereocenters. The molecule has 70 heavy (non-hydrogen) atoms. The number of nitro groups is 1. The minimum atomic E-state index is -5.35. The van der Waals surface area contributed by atoms with E-state index in [0.29, 0.717) is 0 Å². The number of nitrogens with one attached hydrogen (secondary N) is 1. The zero-order valence-electron chi connectivity index (χ0n) is 36.7. The summed E-state index contributed by atoms with van der Waals surface area (Å²) in [5.74, 6) is -3.45. The second kappa shape index (κ2) is 22.5. The van der Waals surface area contributed by atoms with Crippen LogP contribution in [0.25, 0.3) is 11.2 Å². The number of carbonyl (C=O) groups excluding carboxylic acids is 3. The highest BCUT2D eigenvalue weighted by Gasteiger charge is 2.50. The van der Waals surface area contributed by atoms with Gasteiger partial charge < -0.3 is 65.0 Å². The van der Waals surface area contributed by atoms with Gasteiger partial charge in [-0.1, -0.05) is 6.08 Å². The van der Waals surface area contributed by atoms with E-state index in [4.69, 9.17) is 48.9 Å². The van der Waals surface area contributed by atoms with Crippen LogP contribution in [0.3, 0.4) is 0 Å². The van der Waals surface area contributed by atoms with Crippen LogP contribution in [-0.4, -0.2) is 136 Å². The summed E-state index contributed by atoms with van der Waals surface area (Å²) < 4.78 is 75.4. The van der Waals surface area contributed by atoms with Gasteiger partial charge in [0.05, 0.1) is 56.7 Å². The summed E-state index contributed by atoms with van der Waals surface area (Å²) in [7, 11) is -7.97. The third kappa shape index (κ3) is 13.0. The number of aromatic nitrogens is 6. The molecule has 3 aromatic heterocycles. The SMILES string of the molecule is C=CCCC(=O)N[C@@H](CC(=O)OCc1cc(OC)c(OC)cc1[N+](=O)[O-])C(=O)O[C@H]1[C@@H](O)[C@H](n2cnc3c(N)ncnc32)O[C@@H]1COP(=O)(O)O[C@H]1C[C@H](n2ccc(N)nc2=O)O[C@@H]1COP(=O)(O)O. The number of phosphoric acid groups is 2. The molecule has 0 radical (unpaired) electrons. The molecular weight excluding hydrogens is 982 g/mol. The lowest BCUT2D eigenvalue weighted by molar-refractivity contribution is -0.385. The number of nitro benzene ring substituents is 1. The number of phosphoric ester groups is 2. The Morgan fingerprint density at radius 2 is 1.77 bits per heavy atom. The first kappa shape index (κ1) is 52.9. The predicted molar refractivity (Wildman–Crippen MR) is 232 cm³/mol. The number of methoxy groups -OCH3 is 2. The van der Waals surface area contributed by atoms with Gasteiger partial charge in [-0.15, -0.1) is 6.58 Å². The van der Waals surface area contributed by atoms with Crippen LogP contribution in [0.5, 0.6) is 11.5 Å². The molecular formula is C37H46N10O21P2. The van der Waals surface area contributed by atoms with E-state index >= 15 is 0 Å². The lowest BCUT2D eigenvalue weighted by Gasteiger charge is -2.25. The number of fused-ring (bicyclic) bond motifs is 1. The topological polar surface area (TPSA) is 435 Å². The van der Waals surface area contributed by atoms with E-state index in [1.54, 1.807) is 0 Å². The zero-order chi connectivity index (χ0) is 51.1. The Hall–Kier alpha value is -6.50. The number of nitrogen functional groups attached to an aromatic ring is 2. The fourth-order valence-electron chi connectivity index (χ4n) is 7.09. The molecule has 380 valence electrons. The maximum atomic E-state index is 14.1. The van der Waals surface area contributed by atoms with Crippen molar-refractivity contribution in [1.29, 1.82) is 0 Å². The zero-order valence-corrected chi connectivity index (χ0v) is 38.5. The normalized spacial score (nSPS) is 22.5. The number of esters is 2. The fraction of sp³-hybridized carbons (Fsp3) is 0.459. The Labute approximate surface area is 393 Å². The van der Waals surface area contributed by atoms with Crippen LogP contribution in [0.2, 0.25) is 0 Å². The Bertz CT molecular complexity index is 2750. The molecule has 2 aliphatic rings. The average Bonchev–Trinajstić information content (AvgIpc) is 4.00. The highest BCUT2D eigenvalue weighted by atomic mass is 31.2. The lowest BCUT2D eigenvalue weighted by Crippen LogP contribution is -2.47. The lowest BCUT2D eigenvalue weighted by atomic mass is 10.1. The van der Waals surface area contributed by atoms with E-state index in [0.717, 1.165) is 23.3 Å². The van der Waals surface area contributed by atoms with E-state index in [1.807, 2.05) is 0 Å². The molecule has 0 spiro atoms. The quantitative estimate of drug-likeness (QED) is 0.0167. The van der Waals surface area contributed by atoms with E-state index in [1.165, 1.54) is 43.2 Å². The number of nitrogens with two attached hydrogens (primary N) is 2. The van der Waals surface area contributed by atoms with Crippen molar-refractivity contribution in [3.63, 3.8) is 0 Å². The molecule has 9 N–H and O–H groups in total. The smallest absolute Gasteiger partial charge is 0.472 e. The van der Waals surface area contributed by atoms with Crippen LogP contribution < -0.4 is 31.9 Å². The summed E-state index contributed by atoms with van der Waals surface area (Å²) in [4.78, 5) is 109. The van der Waals surface area contributed by atoms with Crippen molar-refractivity contribution in [3.05, 3.63) is 75.9 Å². The molecule has 1 amide bonds. The molecule has 0 aliphatic carbocycles. The van der Waals surface area contributed by atoms with Gasteiger partial charge in [-0.2, -0.15) is 4.98 Å². The minimum Gasteiger partial charge on any atom is -0.493 e. The number of hydrogen-bond donors (Lipinski definition) is 7. The molecule has 0 saturated carbocycles. The van der Waals surface area contributed by atoms with Gasteiger partial charge in [0.1, 0.15) is 61.0 Å². The Kier molecular flexibility index (Phi) is 17.0. The van der Waals surface area contributed by atoms with Gasteiger partial charge in [0.15, 0.2) is 35.3 Å². The van der Waals surface area contributed by atoms with E-state index in [9.17, 15) is 58.2 Å². The highest BCUT2D eigenvalue weighted by molar-refractivity contribution is 7.47. The molecule has 0 bridgehead atoms. The van der Waals surface area contributed by atoms with Crippen LogP contribution in [0.4, 0.5) is 17.3 Å². The second-order valence-electron chi connectivity index (χ2n) is 15.0. The van der Waals surface area contributed by atoms with Gasteiger partial charge in [0, 0.05) is 19.0 Å². The first-order chi connectivity index (χ1) is 33.1. The number of ether oxygens (including phenoxy) is 6. The van der Waals surface area contributed by atoms with E-state index < -0.39 is 131 Å². The maximum Gasteiger partial charge on any atom is 0.472 e. The van der Waals surface area contributed by atoms with Gasteiger partial charge in [0.2, 0.25) is 5.91 Å². The molecule has 2 fully saturated rings. The number of hydrogen-bond acceptors (Lipinski definition) is 24. The standard InChI is InChI=1S/C37H46N10O21P2/c1-4-5-6-27(48)43-19(10-29(49)62-13-18-9-21(60-2)22(61-3)11-20(18)47(53)54)36(51)67-32-25(66-35(31(32)50)46-17-42-30-33(39)40-16-41-34(30)46)15-64-70(58,59)68-23-12-28(45-8-7-26(38)44-37(45)52)65-24(23)14-63-69(55,56)57/h4,7-9,11,16-17,19,23-25,28,31-32,35,50H,1,5-6,10,12-15H2,2-3H3,(H,43,48)(H,58,59)(H2,38,44,52)(H2,39,40,41)(H2,55,56,57)/t19-,23-,24+,25+,28+,31+,32+,35+/m0/s1. The monoisotopic (exact) mass is 1030 g/mol. The summed E-state index contributed by atoms with van der Waals surface area (Å²) in [5, 5.41) is 25.9. The third-order valence-electron chi connectivity index (χ3n) is 10.4. The molecule has 5 heterocycles. The Morgan fingerprint density at radius 1 is 1.06 bits per heavy atom. The number of aliphatic hydroxyl groups excluding tert-OH is 1. The molecule has 2 saturated heterocycles. The second-order valence-corrected chi connectivity index (χ2v) is 17.7. The number of anilines is 2. The Morgan fingerprint density at radius 3 is 2.44 bits per heavy atom. The fourth-order valence-corrected chi connectivity index (χ4v) is 8.39. The van der Waals surface area contributed by atoms with Crippen molar-refractivity contribution in [2.75, 3.05) is 38.9 Å². The summed E-state index contributed by atoms with van der Waals surface area (Å²) in [5.41, 5.74) is 10.0. The van der Waals surface area contributed by atoms with E-state index in [-0.39, 0.29) is 52.7 Å². The van der Waals surface area contributed by atoms with E-state index in [2.05, 4.69) is 36.4 Å². The van der Waals surface area contributed by atoms with Crippen molar-refractivity contribution in [3.8, 4) is 11.5 Å². The molecule has 6 rings (SSSR count). The number of carbonyl (C=O) groups is 3. The van der Waals surface area contributed by atoms with Crippen LogP contribution in [-0.2, 0) is 62.6 Å². The predicted octanol–water partition coefficient (Wildman–Crippen LogP) is -0.173. The van der Waals surface area contributed by atoms with Gasteiger partial charge >= 0.3 is 33.3 Å². The molecule has 4 aromatic rings. The number of aliphatic hydroxyl groups is 1. The summed E-state index contributed by atoms with van der Waals surface area (Å²) in [6, 6.07) is 1.62. The number of imidazole rings is 1. The van der Waals surface area contributed by atoms with Crippen molar-refractivity contribution >= 4 is 62.0 Å². The Balaban J connectivity index is 1.24. The largest absolute Gasteiger partial charge is 0.493 e. The van der Waals surface area contributed by atoms with Gasteiger partial charge in [-0.3, -0.25) is 42.4 Å². The number of allylic oxidation sites excluding steroid dienone is 1. The van der Waals surface area contributed by atoms with Crippen LogP contribution in [0.1, 0.15) is 43.7 Å². The summed E-state index contributed by atoms with van der Waals surface area (Å²) in [6.45, 7) is 0.882. The third-order valence-corrected chi connectivity index (χ3v) is 11.9. The van der Waals surface area contributed by atoms with Gasteiger partial charge in [0.25, 0.3) is 5.69 Å². The van der Waals surface area contributed by atoms with Gasteiger partial charge in [-0.05, 0) is 18.6 Å². The molecule has 9 atom stereocenters. The highest BCUT2D eigenvalue weighted by Crippen LogP contribution is 2.50.